The van der Waals surface area contributed by atoms with Crippen molar-refractivity contribution in [3.8, 4) is 0 Å². The molecule has 0 aromatic heterocycles. The molecule has 0 aromatic rings. The first kappa shape index (κ1) is 13.9. The van der Waals surface area contributed by atoms with E-state index in [0.29, 0.717) is 0 Å². The van der Waals surface area contributed by atoms with Gasteiger partial charge in [-0.25, -0.2) is 0 Å². The van der Waals surface area contributed by atoms with Gasteiger partial charge in [-0.2, -0.15) is 0 Å². The van der Waals surface area contributed by atoms with Crippen LogP contribution in [-0.2, 0) is 20.0 Å². The first-order chi connectivity index (χ1) is 6.24. The Hall–Kier alpha value is 0.870. The van der Waals surface area contributed by atoms with Crippen LogP contribution in [0.1, 0.15) is 53.4 Å². The van der Waals surface area contributed by atoms with Gasteiger partial charge >= 0.3 is 90.1 Å². The van der Waals surface area contributed by atoms with Crippen LogP contribution in [0.25, 0.3) is 0 Å². The van der Waals surface area contributed by atoms with Crippen LogP contribution < -0.4 is 0 Å². The van der Waals surface area contributed by atoms with Gasteiger partial charge in [0.1, 0.15) is 0 Å². The molecule has 80 valence electrons. The van der Waals surface area contributed by atoms with E-state index in [2.05, 4.69) is 27.7 Å². The molecule has 0 saturated heterocycles. The molecular formula is C12H28Hf. The van der Waals surface area contributed by atoms with E-state index >= 15 is 0 Å². The summed E-state index contributed by atoms with van der Waals surface area (Å²) in [6.45, 7) is 9.54. The molecule has 0 spiro atoms. The fraction of sp³-hybridized carbons (Fsp3) is 1.00. The van der Waals surface area contributed by atoms with Crippen molar-refractivity contribution < 1.29 is 20.0 Å². The van der Waals surface area contributed by atoms with E-state index in [-0.39, 0.29) is 0 Å². The van der Waals surface area contributed by atoms with E-state index in [1.54, 1.807) is 16.7 Å². The molecule has 0 aliphatic heterocycles. The molecular weight excluding hydrogens is 323 g/mol. The zero-order valence-corrected chi connectivity index (χ0v) is 13.7. The van der Waals surface area contributed by atoms with Gasteiger partial charge in [0.05, 0.1) is 0 Å². The summed E-state index contributed by atoms with van der Waals surface area (Å²) in [7, 11) is 0. The SMILES string of the molecule is CC[CH2][Hf]([CH2]CC)([CH2]CC)[CH2]CC. The fourth-order valence-corrected chi connectivity index (χ4v) is 23.5. The summed E-state index contributed by atoms with van der Waals surface area (Å²) in [5.74, 6) is 0. The molecule has 0 N–H and O–H groups in total. The van der Waals surface area contributed by atoms with E-state index in [1.165, 1.54) is 25.7 Å². The van der Waals surface area contributed by atoms with Gasteiger partial charge in [-0.3, -0.25) is 0 Å². The third-order valence-corrected chi connectivity index (χ3v) is 25.5. The summed E-state index contributed by atoms with van der Waals surface area (Å²) in [4.78, 5) is 0. The Kier molecular flexibility index (Phi) is 8.75. The molecule has 0 radical (unpaired) electrons. The third kappa shape index (κ3) is 5.34. The first-order valence-electron chi connectivity index (χ1n) is 6.24. The molecule has 0 amide bonds. The Balaban J connectivity index is 4.19. The van der Waals surface area contributed by atoms with Crippen molar-refractivity contribution in [2.75, 3.05) is 0 Å². The van der Waals surface area contributed by atoms with E-state index < -0.39 is 20.0 Å². The molecule has 0 bridgehead atoms. The molecule has 0 aromatic carbocycles. The van der Waals surface area contributed by atoms with Gasteiger partial charge < -0.3 is 0 Å². The summed E-state index contributed by atoms with van der Waals surface area (Å²) in [5, 5.41) is 0. The Morgan fingerprint density at radius 1 is 0.538 bits per heavy atom. The molecule has 0 atom stereocenters. The molecule has 0 rings (SSSR count). The predicted molar refractivity (Wildman–Crippen MR) is 60.4 cm³/mol. The van der Waals surface area contributed by atoms with E-state index in [4.69, 9.17) is 0 Å². The molecule has 1 heteroatoms. The molecule has 0 aliphatic rings. The molecule has 0 aliphatic carbocycles. The van der Waals surface area contributed by atoms with Crippen LogP contribution in [0.4, 0.5) is 0 Å². The van der Waals surface area contributed by atoms with Crippen LogP contribution in [0.5, 0.6) is 0 Å². The van der Waals surface area contributed by atoms with Crippen LogP contribution in [0.3, 0.4) is 0 Å². The van der Waals surface area contributed by atoms with Crippen molar-refractivity contribution in [3.05, 3.63) is 0 Å². The number of hydrogen-bond acceptors (Lipinski definition) is 0. The second-order valence-corrected chi connectivity index (χ2v) is 22.5. The summed E-state index contributed by atoms with van der Waals surface area (Å²) in [5.41, 5.74) is 0. The van der Waals surface area contributed by atoms with Gasteiger partial charge in [-0.05, 0) is 0 Å². The standard InChI is InChI=1S/4C3H7.Hf/c4*1-3-2;/h4*1,3H2,2H3;. The summed E-state index contributed by atoms with van der Waals surface area (Å²) in [6.07, 6.45) is 5.84. The molecule has 0 fully saturated rings. The zero-order chi connectivity index (χ0) is 10.2. The Bertz CT molecular complexity index is 80.2. The van der Waals surface area contributed by atoms with Crippen molar-refractivity contribution >= 4 is 0 Å². The molecule has 0 nitrogen and oxygen atoms in total. The normalized spacial score (nSPS) is 12.0. The van der Waals surface area contributed by atoms with Gasteiger partial charge in [-0.1, -0.05) is 0 Å². The van der Waals surface area contributed by atoms with Crippen molar-refractivity contribution in [3.63, 3.8) is 0 Å². The maximum atomic E-state index is 2.38. The van der Waals surface area contributed by atoms with Crippen molar-refractivity contribution in [1.82, 2.24) is 0 Å². The minimum absolute atomic E-state index is 1.46. The van der Waals surface area contributed by atoms with E-state index in [1.807, 2.05) is 0 Å². The first-order valence-corrected chi connectivity index (χ1v) is 16.4. The van der Waals surface area contributed by atoms with Crippen molar-refractivity contribution in [2.24, 2.45) is 0 Å². The third-order valence-electron chi connectivity index (χ3n) is 3.12. The topological polar surface area (TPSA) is 0 Å². The number of hydrogen-bond donors (Lipinski definition) is 0. The fourth-order valence-electron chi connectivity index (χ4n) is 2.87. The van der Waals surface area contributed by atoms with Gasteiger partial charge in [0.25, 0.3) is 0 Å². The van der Waals surface area contributed by atoms with Crippen LogP contribution in [0.15, 0.2) is 0 Å². The minimum atomic E-state index is -1.69. The van der Waals surface area contributed by atoms with Gasteiger partial charge in [0.15, 0.2) is 0 Å². The second-order valence-electron chi connectivity index (χ2n) is 4.50. The summed E-state index contributed by atoms with van der Waals surface area (Å²) < 4.78 is 6.68. The Labute approximate surface area is 89.8 Å². The van der Waals surface area contributed by atoms with E-state index in [0.717, 1.165) is 0 Å². The molecule has 0 unspecified atom stereocenters. The number of rotatable bonds is 8. The summed E-state index contributed by atoms with van der Waals surface area (Å²) in [6, 6.07) is 0. The van der Waals surface area contributed by atoms with Crippen molar-refractivity contribution in [2.45, 2.75) is 70.1 Å². The van der Waals surface area contributed by atoms with Crippen LogP contribution >= 0.6 is 0 Å². The summed E-state index contributed by atoms with van der Waals surface area (Å²) >= 11 is -1.69. The zero-order valence-electron chi connectivity index (χ0n) is 10.2. The average molecular weight is 351 g/mol. The predicted octanol–water partition coefficient (Wildman–Crippen LogP) is 5.45. The average Bonchev–Trinajstić information content (AvgIpc) is 2.06. The molecule has 0 heterocycles. The van der Waals surface area contributed by atoms with Gasteiger partial charge in [-0.15, -0.1) is 0 Å². The van der Waals surface area contributed by atoms with Crippen LogP contribution in [-0.4, -0.2) is 0 Å². The quantitative estimate of drug-likeness (QED) is 0.510. The molecule has 13 heavy (non-hydrogen) atoms. The second kappa shape index (κ2) is 8.20. The maximum absolute atomic E-state index is 2.38. The Morgan fingerprint density at radius 2 is 0.769 bits per heavy atom. The van der Waals surface area contributed by atoms with Gasteiger partial charge in [0.2, 0.25) is 0 Å². The Morgan fingerprint density at radius 3 is 0.923 bits per heavy atom. The van der Waals surface area contributed by atoms with Crippen LogP contribution in [0, 0.1) is 0 Å². The van der Waals surface area contributed by atoms with Crippen molar-refractivity contribution in [1.29, 1.82) is 0 Å². The molecule has 0 saturated carbocycles. The van der Waals surface area contributed by atoms with Gasteiger partial charge in [0, 0.05) is 0 Å². The van der Waals surface area contributed by atoms with Crippen LogP contribution in [0.2, 0.25) is 16.7 Å². The van der Waals surface area contributed by atoms with E-state index in [9.17, 15) is 0 Å². The monoisotopic (exact) mass is 352 g/mol.